The molecule has 5 heteroatoms. The van der Waals surface area contributed by atoms with Crippen LogP contribution in [0.25, 0.3) is 10.9 Å². The second kappa shape index (κ2) is 5.09. The van der Waals surface area contributed by atoms with Gasteiger partial charge in [-0.3, -0.25) is 4.79 Å². The monoisotopic (exact) mass is 273 g/mol. The maximum Gasteiger partial charge on any atom is 0.272 e. The van der Waals surface area contributed by atoms with Crippen molar-refractivity contribution >= 4 is 34.3 Å². The highest BCUT2D eigenvalue weighted by Crippen LogP contribution is 2.21. The number of fused-ring (bicyclic) bond motifs is 1. The minimum absolute atomic E-state index is 0.0160. The fourth-order valence-corrected chi connectivity index (χ4v) is 3.14. The fourth-order valence-electron chi connectivity index (χ4n) is 2.24. The first kappa shape index (κ1) is 12.3. The van der Waals surface area contributed by atoms with Crippen LogP contribution < -0.4 is 5.73 Å². The zero-order valence-electron chi connectivity index (χ0n) is 10.5. The van der Waals surface area contributed by atoms with Crippen molar-refractivity contribution < 1.29 is 4.79 Å². The fraction of sp³-hybridized carbons (Fsp3) is 0.286. The van der Waals surface area contributed by atoms with Crippen molar-refractivity contribution in [2.24, 2.45) is 0 Å². The number of nitrogen functional groups attached to an aromatic ring is 1. The molecule has 0 unspecified atom stereocenters. The number of para-hydroxylation sites is 1. The molecular formula is C14H15N3OS. The maximum atomic E-state index is 12.4. The first-order chi connectivity index (χ1) is 9.25. The number of rotatable bonds is 1. The van der Waals surface area contributed by atoms with Crippen molar-refractivity contribution in [1.29, 1.82) is 0 Å². The van der Waals surface area contributed by atoms with Gasteiger partial charge in [-0.25, -0.2) is 4.98 Å². The Morgan fingerprint density at radius 3 is 2.79 bits per heavy atom. The third-order valence-electron chi connectivity index (χ3n) is 3.27. The second-order valence-corrected chi connectivity index (χ2v) is 5.74. The second-order valence-electron chi connectivity index (χ2n) is 4.52. The van der Waals surface area contributed by atoms with Crippen LogP contribution in [0.1, 0.15) is 10.5 Å². The van der Waals surface area contributed by atoms with E-state index in [0.29, 0.717) is 11.4 Å². The molecule has 4 nitrogen and oxygen atoms in total. The number of aromatic nitrogens is 1. The summed E-state index contributed by atoms with van der Waals surface area (Å²) in [5.41, 5.74) is 7.84. The summed E-state index contributed by atoms with van der Waals surface area (Å²) in [7, 11) is 0. The van der Waals surface area contributed by atoms with Gasteiger partial charge in [0.1, 0.15) is 5.69 Å². The molecule has 0 spiro atoms. The first-order valence-corrected chi connectivity index (χ1v) is 7.43. The number of benzene rings is 1. The lowest BCUT2D eigenvalue weighted by Gasteiger charge is -2.26. The van der Waals surface area contributed by atoms with Crippen molar-refractivity contribution in [3.05, 3.63) is 36.0 Å². The van der Waals surface area contributed by atoms with E-state index in [0.717, 1.165) is 35.5 Å². The molecule has 1 fully saturated rings. The Morgan fingerprint density at radius 2 is 2.00 bits per heavy atom. The molecule has 3 rings (SSSR count). The number of anilines is 1. The lowest BCUT2D eigenvalue weighted by Crippen LogP contribution is -2.38. The standard InChI is InChI=1S/C14H15N3OS/c15-11-9-13(14(18)17-5-7-19-8-6-17)16-12-4-2-1-3-10(11)12/h1-4,9H,5-8H2,(H2,15,16). The Hall–Kier alpha value is -1.75. The van der Waals surface area contributed by atoms with E-state index in [4.69, 9.17) is 5.73 Å². The molecule has 1 aliphatic heterocycles. The minimum Gasteiger partial charge on any atom is -0.398 e. The molecule has 1 aromatic heterocycles. The Balaban J connectivity index is 1.98. The zero-order chi connectivity index (χ0) is 13.2. The van der Waals surface area contributed by atoms with Gasteiger partial charge in [-0.1, -0.05) is 18.2 Å². The number of carbonyl (C=O) groups excluding carboxylic acids is 1. The first-order valence-electron chi connectivity index (χ1n) is 6.28. The summed E-state index contributed by atoms with van der Waals surface area (Å²) in [5.74, 6) is 1.97. The zero-order valence-corrected chi connectivity index (χ0v) is 11.3. The van der Waals surface area contributed by atoms with Gasteiger partial charge < -0.3 is 10.6 Å². The maximum absolute atomic E-state index is 12.4. The summed E-state index contributed by atoms with van der Waals surface area (Å²) in [6, 6.07) is 9.31. The lowest BCUT2D eigenvalue weighted by molar-refractivity contribution is 0.0767. The highest BCUT2D eigenvalue weighted by Gasteiger charge is 2.20. The average molecular weight is 273 g/mol. The Morgan fingerprint density at radius 1 is 1.26 bits per heavy atom. The topological polar surface area (TPSA) is 59.2 Å². The summed E-state index contributed by atoms with van der Waals surface area (Å²) in [6.07, 6.45) is 0. The highest BCUT2D eigenvalue weighted by atomic mass is 32.2. The number of hydrogen-bond donors (Lipinski definition) is 1. The van der Waals surface area contributed by atoms with E-state index in [1.165, 1.54) is 0 Å². The van der Waals surface area contributed by atoms with E-state index in [2.05, 4.69) is 4.98 Å². The molecule has 2 heterocycles. The largest absolute Gasteiger partial charge is 0.398 e. The van der Waals surface area contributed by atoms with Crippen LogP contribution in [0.15, 0.2) is 30.3 Å². The molecule has 2 N–H and O–H groups in total. The molecule has 1 saturated heterocycles. The Labute approximate surface area is 116 Å². The van der Waals surface area contributed by atoms with Crippen LogP contribution in [0.2, 0.25) is 0 Å². The molecule has 0 saturated carbocycles. The van der Waals surface area contributed by atoms with Gasteiger partial charge in [-0.2, -0.15) is 11.8 Å². The van der Waals surface area contributed by atoms with Crippen LogP contribution in [-0.4, -0.2) is 40.4 Å². The molecule has 1 amide bonds. The van der Waals surface area contributed by atoms with Crippen LogP contribution in [-0.2, 0) is 0 Å². The van der Waals surface area contributed by atoms with Crippen LogP contribution >= 0.6 is 11.8 Å². The van der Waals surface area contributed by atoms with E-state index in [1.807, 2.05) is 40.9 Å². The summed E-state index contributed by atoms with van der Waals surface area (Å²) in [4.78, 5) is 18.7. The van der Waals surface area contributed by atoms with Crippen molar-refractivity contribution in [3.63, 3.8) is 0 Å². The van der Waals surface area contributed by atoms with Gasteiger partial charge in [-0.15, -0.1) is 0 Å². The summed E-state index contributed by atoms with van der Waals surface area (Å²) in [5, 5.41) is 0.897. The lowest BCUT2D eigenvalue weighted by atomic mass is 10.1. The number of amides is 1. The summed E-state index contributed by atoms with van der Waals surface area (Å²) < 4.78 is 0. The number of hydrogen-bond acceptors (Lipinski definition) is 4. The van der Waals surface area contributed by atoms with E-state index in [-0.39, 0.29) is 5.91 Å². The van der Waals surface area contributed by atoms with Crippen molar-refractivity contribution in [2.75, 3.05) is 30.3 Å². The molecule has 98 valence electrons. The van der Waals surface area contributed by atoms with Gasteiger partial charge in [0.2, 0.25) is 0 Å². The third kappa shape index (κ3) is 2.38. The van der Waals surface area contributed by atoms with E-state index < -0.39 is 0 Å². The van der Waals surface area contributed by atoms with E-state index in [1.54, 1.807) is 6.07 Å². The van der Waals surface area contributed by atoms with Gasteiger partial charge in [0.25, 0.3) is 5.91 Å². The SMILES string of the molecule is Nc1cc(C(=O)N2CCSCC2)nc2ccccc12. The predicted molar refractivity (Wildman–Crippen MR) is 79.4 cm³/mol. The Kier molecular flexibility index (Phi) is 3.29. The smallest absolute Gasteiger partial charge is 0.272 e. The molecule has 19 heavy (non-hydrogen) atoms. The number of nitrogens with zero attached hydrogens (tertiary/aromatic N) is 2. The highest BCUT2D eigenvalue weighted by molar-refractivity contribution is 7.99. The van der Waals surface area contributed by atoms with Gasteiger partial charge in [0.05, 0.1) is 5.52 Å². The normalized spacial score (nSPS) is 15.7. The average Bonchev–Trinajstić information content (AvgIpc) is 2.47. The molecule has 0 bridgehead atoms. The van der Waals surface area contributed by atoms with Crippen LogP contribution in [0.5, 0.6) is 0 Å². The summed E-state index contributed by atoms with van der Waals surface area (Å²) >= 11 is 1.88. The van der Waals surface area contributed by atoms with Crippen molar-refractivity contribution in [1.82, 2.24) is 9.88 Å². The van der Waals surface area contributed by atoms with Gasteiger partial charge in [-0.05, 0) is 12.1 Å². The molecule has 2 aromatic rings. The van der Waals surface area contributed by atoms with Gasteiger partial charge in [0, 0.05) is 35.7 Å². The van der Waals surface area contributed by atoms with Crippen LogP contribution in [0.4, 0.5) is 5.69 Å². The Bertz CT molecular complexity index is 623. The summed E-state index contributed by atoms with van der Waals surface area (Å²) in [6.45, 7) is 1.58. The number of thioether (sulfide) groups is 1. The van der Waals surface area contributed by atoms with E-state index in [9.17, 15) is 4.79 Å². The van der Waals surface area contributed by atoms with E-state index >= 15 is 0 Å². The number of pyridine rings is 1. The number of nitrogens with two attached hydrogens (primary N) is 1. The number of carbonyl (C=O) groups is 1. The van der Waals surface area contributed by atoms with Crippen LogP contribution in [0.3, 0.4) is 0 Å². The third-order valence-corrected chi connectivity index (χ3v) is 4.21. The molecule has 0 atom stereocenters. The molecule has 0 aliphatic carbocycles. The van der Waals surface area contributed by atoms with Gasteiger partial charge in [0.15, 0.2) is 0 Å². The quantitative estimate of drug-likeness (QED) is 0.863. The minimum atomic E-state index is -0.0160. The predicted octanol–water partition coefficient (Wildman–Crippen LogP) is 2.01. The molecule has 0 radical (unpaired) electrons. The van der Waals surface area contributed by atoms with Crippen molar-refractivity contribution in [3.8, 4) is 0 Å². The molecule has 1 aromatic carbocycles. The van der Waals surface area contributed by atoms with Gasteiger partial charge >= 0.3 is 0 Å². The molecule has 1 aliphatic rings. The molecular weight excluding hydrogens is 258 g/mol. The van der Waals surface area contributed by atoms with Crippen molar-refractivity contribution in [2.45, 2.75) is 0 Å². The van der Waals surface area contributed by atoms with Crippen LogP contribution in [0, 0.1) is 0 Å².